The van der Waals surface area contributed by atoms with Gasteiger partial charge < -0.3 is 4.90 Å². The zero-order valence-corrected chi connectivity index (χ0v) is 21.9. The third kappa shape index (κ3) is 5.54. The molecular weight excluding hydrogens is 482 g/mol. The lowest BCUT2D eigenvalue weighted by Crippen LogP contribution is -2.09. The molecule has 5 aromatic rings. The quantitative estimate of drug-likeness (QED) is 0.188. The number of allylic oxidation sites excluding steroid dienone is 4. The topological polar surface area (TPSA) is 3.24 Å². The zero-order chi connectivity index (χ0) is 26.3. The van der Waals surface area contributed by atoms with Gasteiger partial charge in [0.1, 0.15) is 0 Å². The van der Waals surface area contributed by atoms with Gasteiger partial charge in [0.25, 0.3) is 0 Å². The molecule has 0 saturated carbocycles. The van der Waals surface area contributed by atoms with Crippen LogP contribution in [0, 0.1) is 0 Å². The Kier molecular flexibility index (Phi) is 7.68. The minimum absolute atomic E-state index is 0.737. The average molecular weight is 510 g/mol. The number of hydrogen-bond acceptors (Lipinski definition) is 1. The van der Waals surface area contributed by atoms with Gasteiger partial charge in [-0.2, -0.15) is 0 Å². The molecule has 0 radical (unpaired) electrons. The Morgan fingerprint density at radius 1 is 0.526 bits per heavy atom. The van der Waals surface area contributed by atoms with Crippen LogP contribution in [-0.4, -0.2) is 0 Å². The molecule has 2 heteroatoms. The smallest absolute Gasteiger partial charge is 0.0462 e. The monoisotopic (exact) mass is 509 g/mol. The van der Waals surface area contributed by atoms with E-state index in [0.29, 0.717) is 0 Å². The van der Waals surface area contributed by atoms with Gasteiger partial charge in [-0.15, -0.1) is 0 Å². The second-order valence-electron chi connectivity index (χ2n) is 8.91. The lowest BCUT2D eigenvalue weighted by molar-refractivity contribution is 1.28. The summed E-state index contributed by atoms with van der Waals surface area (Å²) in [4.78, 5) is 2.27. The van der Waals surface area contributed by atoms with E-state index in [1.807, 2.05) is 42.5 Å². The minimum atomic E-state index is 0.737. The van der Waals surface area contributed by atoms with Crippen LogP contribution < -0.4 is 4.90 Å². The Labute approximate surface area is 230 Å². The second kappa shape index (κ2) is 11.6. The van der Waals surface area contributed by atoms with Gasteiger partial charge in [0.15, 0.2) is 0 Å². The summed E-state index contributed by atoms with van der Waals surface area (Å²) >= 11 is 6.09. The van der Waals surface area contributed by atoms with Gasteiger partial charge in [0, 0.05) is 22.1 Å². The molecule has 0 aliphatic heterocycles. The molecule has 38 heavy (non-hydrogen) atoms. The maximum Gasteiger partial charge on any atom is 0.0462 e. The Balaban J connectivity index is 1.54. The maximum absolute atomic E-state index is 6.09. The number of nitrogens with zero attached hydrogens (tertiary/aromatic N) is 1. The molecule has 5 aromatic carbocycles. The Hall–Kier alpha value is -4.59. The molecule has 0 aliphatic rings. The molecule has 0 N–H and O–H groups in total. The standard InChI is InChI=1S/C36H28ClN/c1-3-8-27(4-2)29-13-21-34(22-14-29)38(35-23-15-31(16-24-35)28-9-6-5-7-10-28)36-25-17-32(18-26-36)30-11-19-33(37)20-12-30/h3-26H,1-2H2/b27-8+. The molecule has 184 valence electrons. The minimum Gasteiger partial charge on any atom is -0.311 e. The van der Waals surface area contributed by atoms with Gasteiger partial charge in [-0.25, -0.2) is 0 Å². The van der Waals surface area contributed by atoms with Crippen LogP contribution in [0.1, 0.15) is 5.56 Å². The maximum atomic E-state index is 6.09. The normalized spacial score (nSPS) is 11.1. The van der Waals surface area contributed by atoms with Gasteiger partial charge in [0.2, 0.25) is 0 Å². The SMILES string of the molecule is C=C/C=C(\C=C)c1ccc(N(c2ccc(-c3ccccc3)cc2)c2ccc(-c3ccc(Cl)cc3)cc2)cc1. The third-order valence-electron chi connectivity index (χ3n) is 6.51. The summed E-state index contributed by atoms with van der Waals surface area (Å²) in [6.07, 6.45) is 5.61. The number of anilines is 3. The van der Waals surface area contributed by atoms with Crippen molar-refractivity contribution < 1.29 is 0 Å². The van der Waals surface area contributed by atoms with Crippen LogP contribution in [0.4, 0.5) is 17.1 Å². The summed E-state index contributed by atoms with van der Waals surface area (Å²) < 4.78 is 0. The first-order valence-electron chi connectivity index (χ1n) is 12.5. The fourth-order valence-electron chi connectivity index (χ4n) is 4.54. The zero-order valence-electron chi connectivity index (χ0n) is 21.1. The summed E-state index contributed by atoms with van der Waals surface area (Å²) in [7, 11) is 0. The van der Waals surface area contributed by atoms with Crippen molar-refractivity contribution in [1.29, 1.82) is 0 Å². The lowest BCUT2D eigenvalue weighted by Gasteiger charge is -2.26. The van der Waals surface area contributed by atoms with Gasteiger partial charge in [-0.3, -0.25) is 0 Å². The van der Waals surface area contributed by atoms with Gasteiger partial charge >= 0.3 is 0 Å². The first-order chi connectivity index (χ1) is 18.7. The van der Waals surface area contributed by atoms with E-state index in [9.17, 15) is 0 Å². The van der Waals surface area contributed by atoms with Crippen molar-refractivity contribution >= 4 is 34.2 Å². The van der Waals surface area contributed by atoms with Gasteiger partial charge in [-0.05, 0) is 81.9 Å². The van der Waals surface area contributed by atoms with Crippen LogP contribution in [0.3, 0.4) is 0 Å². The van der Waals surface area contributed by atoms with Crippen LogP contribution in [0.15, 0.2) is 159 Å². The molecule has 0 heterocycles. The fraction of sp³-hybridized carbons (Fsp3) is 0. The highest BCUT2D eigenvalue weighted by Crippen LogP contribution is 2.37. The Bertz CT molecular complexity index is 1540. The van der Waals surface area contributed by atoms with Crippen molar-refractivity contribution in [1.82, 2.24) is 0 Å². The first-order valence-corrected chi connectivity index (χ1v) is 12.9. The van der Waals surface area contributed by atoms with Gasteiger partial charge in [0.05, 0.1) is 0 Å². The molecule has 0 amide bonds. The highest BCUT2D eigenvalue weighted by atomic mass is 35.5. The van der Waals surface area contributed by atoms with Crippen LogP contribution in [0.2, 0.25) is 5.02 Å². The summed E-state index contributed by atoms with van der Waals surface area (Å²) in [5.41, 5.74) is 10.0. The Morgan fingerprint density at radius 2 is 0.947 bits per heavy atom. The van der Waals surface area contributed by atoms with Crippen molar-refractivity contribution in [3.05, 3.63) is 169 Å². The summed E-state index contributed by atoms with van der Waals surface area (Å²) in [5.74, 6) is 0. The van der Waals surface area contributed by atoms with E-state index in [1.165, 1.54) is 11.1 Å². The van der Waals surface area contributed by atoms with Crippen LogP contribution in [-0.2, 0) is 0 Å². The van der Waals surface area contributed by atoms with E-state index in [0.717, 1.165) is 44.3 Å². The van der Waals surface area contributed by atoms with E-state index in [-0.39, 0.29) is 0 Å². The van der Waals surface area contributed by atoms with Crippen LogP contribution in [0.25, 0.3) is 27.8 Å². The number of benzene rings is 5. The fourth-order valence-corrected chi connectivity index (χ4v) is 4.66. The Morgan fingerprint density at radius 3 is 1.39 bits per heavy atom. The molecule has 0 unspecified atom stereocenters. The molecule has 1 nitrogen and oxygen atoms in total. The van der Waals surface area contributed by atoms with Gasteiger partial charge in [-0.1, -0.05) is 122 Å². The van der Waals surface area contributed by atoms with Crippen molar-refractivity contribution in [2.45, 2.75) is 0 Å². The molecular formula is C36H28ClN. The van der Waals surface area contributed by atoms with E-state index >= 15 is 0 Å². The van der Waals surface area contributed by atoms with Crippen molar-refractivity contribution in [2.24, 2.45) is 0 Å². The average Bonchev–Trinajstić information content (AvgIpc) is 2.98. The molecule has 0 aliphatic carbocycles. The molecule has 0 atom stereocenters. The molecule has 0 fully saturated rings. The highest BCUT2D eigenvalue weighted by molar-refractivity contribution is 6.30. The largest absolute Gasteiger partial charge is 0.311 e. The number of hydrogen-bond donors (Lipinski definition) is 0. The van der Waals surface area contributed by atoms with Crippen LogP contribution >= 0.6 is 11.6 Å². The predicted octanol–water partition coefficient (Wildman–Crippen LogP) is 10.9. The molecule has 0 saturated heterocycles. The highest BCUT2D eigenvalue weighted by Gasteiger charge is 2.13. The number of halogens is 1. The van der Waals surface area contributed by atoms with Crippen molar-refractivity contribution in [3.63, 3.8) is 0 Å². The predicted molar refractivity (Wildman–Crippen MR) is 165 cm³/mol. The van der Waals surface area contributed by atoms with E-state index in [4.69, 9.17) is 11.6 Å². The van der Waals surface area contributed by atoms with E-state index < -0.39 is 0 Å². The van der Waals surface area contributed by atoms with Crippen molar-refractivity contribution in [2.75, 3.05) is 4.90 Å². The first kappa shape index (κ1) is 25.1. The number of rotatable bonds is 8. The molecule has 5 rings (SSSR count). The van der Waals surface area contributed by atoms with Crippen LogP contribution in [0.5, 0.6) is 0 Å². The molecule has 0 spiro atoms. The lowest BCUT2D eigenvalue weighted by atomic mass is 10.0. The summed E-state index contributed by atoms with van der Waals surface area (Å²) in [5, 5.41) is 0.737. The van der Waals surface area contributed by atoms with E-state index in [2.05, 4.69) is 115 Å². The van der Waals surface area contributed by atoms with Crippen molar-refractivity contribution in [3.8, 4) is 22.3 Å². The van der Waals surface area contributed by atoms with E-state index in [1.54, 1.807) is 6.08 Å². The molecule has 0 bridgehead atoms. The third-order valence-corrected chi connectivity index (χ3v) is 6.76. The second-order valence-corrected chi connectivity index (χ2v) is 9.35. The summed E-state index contributed by atoms with van der Waals surface area (Å²) in [6.45, 7) is 7.77. The summed E-state index contributed by atoms with van der Waals surface area (Å²) in [6, 6.07) is 44.3. The molecule has 0 aromatic heterocycles.